The van der Waals surface area contributed by atoms with Gasteiger partial charge in [-0.1, -0.05) is 12.1 Å². The second-order valence-corrected chi connectivity index (χ2v) is 4.92. The molecule has 1 fully saturated rings. The highest BCUT2D eigenvalue weighted by Gasteiger charge is 2.22. The van der Waals surface area contributed by atoms with Crippen LogP contribution in [0.2, 0.25) is 0 Å². The number of rotatable bonds is 4. The molecule has 5 nitrogen and oxygen atoms in total. The summed E-state index contributed by atoms with van der Waals surface area (Å²) in [6.45, 7) is 5.13. The maximum absolute atomic E-state index is 8.61. The van der Waals surface area contributed by atoms with Gasteiger partial charge >= 0.3 is 0 Å². The monoisotopic (exact) mass is 228 g/mol. The standard InChI is InChI=1S/C11H24N4O/c1-9(11(12)13-16)7-15(3)10-5-4-6-14(2)8-10/h9-10,16H,4-8H2,1-3H3,(H2,12,13). The van der Waals surface area contributed by atoms with Crippen LogP contribution >= 0.6 is 0 Å². The molecule has 2 unspecified atom stereocenters. The molecule has 3 N–H and O–H groups in total. The highest BCUT2D eigenvalue weighted by Crippen LogP contribution is 2.14. The van der Waals surface area contributed by atoms with Gasteiger partial charge in [0.05, 0.1) is 0 Å². The van der Waals surface area contributed by atoms with Crippen LogP contribution in [0, 0.1) is 5.92 Å². The van der Waals surface area contributed by atoms with Crippen LogP contribution in [0.5, 0.6) is 0 Å². The van der Waals surface area contributed by atoms with Gasteiger partial charge in [-0.15, -0.1) is 0 Å². The Bertz CT molecular complexity index is 244. The highest BCUT2D eigenvalue weighted by molar-refractivity contribution is 5.82. The first-order valence-electron chi connectivity index (χ1n) is 5.90. The number of likely N-dealkylation sites (N-methyl/N-ethyl adjacent to an activating group) is 2. The summed E-state index contributed by atoms with van der Waals surface area (Å²) >= 11 is 0. The van der Waals surface area contributed by atoms with Crippen LogP contribution in [0.15, 0.2) is 5.16 Å². The van der Waals surface area contributed by atoms with E-state index in [2.05, 4.69) is 29.1 Å². The summed E-state index contributed by atoms with van der Waals surface area (Å²) in [5.74, 6) is 0.415. The van der Waals surface area contributed by atoms with Crippen LogP contribution in [0.25, 0.3) is 0 Å². The zero-order valence-electron chi connectivity index (χ0n) is 10.6. The molecular weight excluding hydrogens is 204 g/mol. The molecule has 16 heavy (non-hydrogen) atoms. The van der Waals surface area contributed by atoms with Crippen molar-refractivity contribution in [3.8, 4) is 0 Å². The van der Waals surface area contributed by atoms with E-state index in [4.69, 9.17) is 10.9 Å². The van der Waals surface area contributed by atoms with Gasteiger partial charge in [0, 0.05) is 25.0 Å². The van der Waals surface area contributed by atoms with E-state index in [1.807, 2.05) is 6.92 Å². The quantitative estimate of drug-likeness (QED) is 0.316. The first-order valence-corrected chi connectivity index (χ1v) is 5.90. The zero-order chi connectivity index (χ0) is 12.1. The summed E-state index contributed by atoms with van der Waals surface area (Å²) in [4.78, 5) is 4.68. The Morgan fingerprint density at radius 2 is 2.38 bits per heavy atom. The molecule has 94 valence electrons. The molecule has 0 spiro atoms. The number of piperidine rings is 1. The van der Waals surface area contributed by atoms with Crippen LogP contribution in [-0.2, 0) is 0 Å². The van der Waals surface area contributed by atoms with Gasteiger partial charge in [0.25, 0.3) is 0 Å². The lowest BCUT2D eigenvalue weighted by atomic mass is 10.0. The van der Waals surface area contributed by atoms with Crippen molar-refractivity contribution in [2.24, 2.45) is 16.8 Å². The maximum atomic E-state index is 8.61. The second kappa shape index (κ2) is 6.06. The van der Waals surface area contributed by atoms with Gasteiger partial charge in [0.15, 0.2) is 0 Å². The molecule has 0 radical (unpaired) electrons. The first kappa shape index (κ1) is 13.3. The normalized spacial score (nSPS) is 26.0. The lowest BCUT2D eigenvalue weighted by molar-refractivity contribution is 0.129. The van der Waals surface area contributed by atoms with Gasteiger partial charge in [-0.3, -0.25) is 0 Å². The van der Waals surface area contributed by atoms with Crippen molar-refractivity contribution >= 4 is 5.84 Å². The molecule has 0 aromatic carbocycles. The lowest BCUT2D eigenvalue weighted by Crippen LogP contribution is -2.47. The summed E-state index contributed by atoms with van der Waals surface area (Å²) in [6.07, 6.45) is 2.49. The van der Waals surface area contributed by atoms with E-state index in [-0.39, 0.29) is 5.92 Å². The number of hydrogen-bond acceptors (Lipinski definition) is 4. The minimum atomic E-state index is 0.0993. The number of nitrogens with zero attached hydrogens (tertiary/aromatic N) is 3. The minimum absolute atomic E-state index is 0.0993. The molecule has 1 aliphatic heterocycles. The van der Waals surface area contributed by atoms with Crippen molar-refractivity contribution in [3.63, 3.8) is 0 Å². The Morgan fingerprint density at radius 3 is 2.94 bits per heavy atom. The van der Waals surface area contributed by atoms with E-state index >= 15 is 0 Å². The Kier molecular flexibility index (Phi) is 5.02. The van der Waals surface area contributed by atoms with Crippen LogP contribution in [-0.4, -0.2) is 60.6 Å². The van der Waals surface area contributed by atoms with Crippen molar-refractivity contribution in [1.82, 2.24) is 9.80 Å². The molecule has 0 bridgehead atoms. The summed E-state index contributed by atoms with van der Waals surface area (Å²) in [6, 6.07) is 0.590. The third-order valence-corrected chi connectivity index (χ3v) is 3.41. The molecule has 1 rings (SSSR count). The third-order valence-electron chi connectivity index (χ3n) is 3.41. The van der Waals surface area contributed by atoms with E-state index in [9.17, 15) is 0 Å². The number of nitrogens with two attached hydrogens (primary N) is 1. The third kappa shape index (κ3) is 3.64. The molecule has 5 heteroatoms. The van der Waals surface area contributed by atoms with E-state index in [0.717, 1.165) is 13.1 Å². The van der Waals surface area contributed by atoms with Gasteiger partial charge in [-0.25, -0.2) is 0 Å². The fraction of sp³-hybridized carbons (Fsp3) is 0.909. The summed E-state index contributed by atoms with van der Waals surface area (Å²) in [7, 11) is 4.28. The molecule has 0 aromatic heterocycles. The Morgan fingerprint density at radius 1 is 1.69 bits per heavy atom. The molecule has 1 saturated heterocycles. The van der Waals surface area contributed by atoms with Gasteiger partial charge < -0.3 is 20.7 Å². The predicted molar refractivity (Wildman–Crippen MR) is 65.7 cm³/mol. The van der Waals surface area contributed by atoms with Gasteiger partial charge in [-0.05, 0) is 33.5 Å². The molecular formula is C11H24N4O. The van der Waals surface area contributed by atoms with Crippen molar-refractivity contribution in [2.45, 2.75) is 25.8 Å². The fourth-order valence-corrected chi connectivity index (χ4v) is 2.27. The zero-order valence-corrected chi connectivity index (χ0v) is 10.6. The van der Waals surface area contributed by atoms with Crippen LogP contribution in [0.3, 0.4) is 0 Å². The highest BCUT2D eigenvalue weighted by atomic mass is 16.4. The van der Waals surface area contributed by atoms with E-state index in [1.54, 1.807) is 0 Å². The Balaban J connectivity index is 2.42. The summed E-state index contributed by atoms with van der Waals surface area (Å²) < 4.78 is 0. The number of likely N-dealkylation sites (tertiary alicyclic amines) is 1. The Labute approximate surface area is 97.9 Å². The first-order chi connectivity index (χ1) is 7.54. The molecule has 0 amide bonds. The molecule has 0 aliphatic carbocycles. The van der Waals surface area contributed by atoms with Crippen molar-refractivity contribution in [2.75, 3.05) is 33.7 Å². The van der Waals surface area contributed by atoms with Crippen LogP contribution in [0.4, 0.5) is 0 Å². The van der Waals surface area contributed by atoms with E-state index in [0.29, 0.717) is 11.9 Å². The molecule has 0 saturated carbocycles. The van der Waals surface area contributed by atoms with E-state index in [1.165, 1.54) is 19.4 Å². The largest absolute Gasteiger partial charge is 0.409 e. The van der Waals surface area contributed by atoms with Crippen LogP contribution < -0.4 is 5.73 Å². The number of amidine groups is 1. The van der Waals surface area contributed by atoms with Crippen molar-refractivity contribution in [3.05, 3.63) is 0 Å². The average molecular weight is 228 g/mol. The smallest absolute Gasteiger partial charge is 0.143 e. The fourth-order valence-electron chi connectivity index (χ4n) is 2.27. The Hall–Kier alpha value is -0.810. The van der Waals surface area contributed by atoms with Gasteiger partial charge in [0.1, 0.15) is 5.84 Å². The van der Waals surface area contributed by atoms with Gasteiger partial charge in [0.2, 0.25) is 0 Å². The van der Waals surface area contributed by atoms with Gasteiger partial charge in [-0.2, -0.15) is 0 Å². The molecule has 1 aliphatic rings. The molecule has 2 atom stereocenters. The number of oxime groups is 1. The average Bonchev–Trinajstić information content (AvgIpc) is 2.27. The van der Waals surface area contributed by atoms with Crippen molar-refractivity contribution in [1.29, 1.82) is 0 Å². The summed E-state index contributed by atoms with van der Waals surface area (Å²) in [5.41, 5.74) is 5.58. The molecule has 1 heterocycles. The lowest BCUT2D eigenvalue weighted by Gasteiger charge is -2.36. The SMILES string of the molecule is CC(CN(C)C1CCCN(C)C1)C(N)=NO. The van der Waals surface area contributed by atoms with Crippen LogP contribution in [0.1, 0.15) is 19.8 Å². The topological polar surface area (TPSA) is 65.1 Å². The minimum Gasteiger partial charge on any atom is -0.409 e. The van der Waals surface area contributed by atoms with E-state index < -0.39 is 0 Å². The second-order valence-electron chi connectivity index (χ2n) is 4.92. The number of hydrogen-bond donors (Lipinski definition) is 2. The molecule has 0 aromatic rings. The predicted octanol–water partition coefficient (Wildman–Crippen LogP) is 0.395. The summed E-state index contributed by atoms with van der Waals surface area (Å²) in [5, 5.41) is 11.7. The maximum Gasteiger partial charge on any atom is 0.143 e. The van der Waals surface area contributed by atoms with Crippen molar-refractivity contribution < 1.29 is 5.21 Å².